The number of anilines is 1. The molecule has 2 aromatic heterocycles. The Hall–Kier alpha value is -3.59. The van der Waals surface area contributed by atoms with Crippen molar-refractivity contribution in [3.63, 3.8) is 0 Å². The third kappa shape index (κ3) is 3.08. The Kier molecular flexibility index (Phi) is 4.59. The van der Waals surface area contributed by atoms with Crippen LogP contribution in [0.25, 0.3) is 22.0 Å². The number of hydrogen-bond donors (Lipinski definition) is 0. The summed E-state index contributed by atoms with van der Waals surface area (Å²) in [5.41, 5.74) is 5.33. The minimum atomic E-state index is -0.249. The van der Waals surface area contributed by atoms with E-state index in [9.17, 15) is 10.1 Å². The van der Waals surface area contributed by atoms with Crippen LogP contribution in [-0.4, -0.2) is 22.6 Å². The van der Waals surface area contributed by atoms with E-state index in [0.717, 1.165) is 70.6 Å². The van der Waals surface area contributed by atoms with Crippen LogP contribution in [-0.2, 0) is 12.5 Å². The standard InChI is InChI=1S/C26H26N4O2/c1-16-6-8-21-18(13-16)23(19(15-27)24(31)29(21)4)30-11-9-26(3,10-12-30)25-28-20-7-5-17(2)14-22(20)32-25/h5-8,13-14H,9-12H2,1-4H3. The Balaban J connectivity index is 1.54. The summed E-state index contributed by atoms with van der Waals surface area (Å²) in [5, 5.41) is 10.8. The molecule has 3 heterocycles. The fourth-order valence-corrected chi connectivity index (χ4v) is 4.80. The molecule has 1 aliphatic rings. The molecule has 0 amide bonds. The summed E-state index contributed by atoms with van der Waals surface area (Å²) >= 11 is 0. The molecule has 6 heteroatoms. The number of fused-ring (bicyclic) bond motifs is 2. The Morgan fingerprint density at radius 2 is 1.78 bits per heavy atom. The van der Waals surface area contributed by atoms with E-state index in [0.29, 0.717) is 0 Å². The highest BCUT2D eigenvalue weighted by atomic mass is 16.3. The maximum atomic E-state index is 12.9. The molecule has 0 N–H and O–H groups in total. The molecule has 4 aromatic rings. The molecule has 0 atom stereocenters. The second-order valence-corrected chi connectivity index (χ2v) is 9.26. The van der Waals surface area contributed by atoms with Crippen molar-refractivity contribution in [3.05, 3.63) is 69.3 Å². The first-order valence-corrected chi connectivity index (χ1v) is 11.0. The molecule has 0 unspecified atom stereocenters. The van der Waals surface area contributed by atoms with Gasteiger partial charge in [0.25, 0.3) is 5.56 Å². The minimum absolute atomic E-state index is 0.193. The lowest BCUT2D eigenvalue weighted by Gasteiger charge is -2.39. The first-order chi connectivity index (χ1) is 15.3. The number of pyridine rings is 1. The molecule has 0 bridgehead atoms. The average Bonchev–Trinajstić information content (AvgIpc) is 3.21. The van der Waals surface area contributed by atoms with Crippen molar-refractivity contribution in [1.29, 1.82) is 5.26 Å². The second kappa shape index (κ2) is 7.23. The Morgan fingerprint density at radius 1 is 1.09 bits per heavy atom. The lowest BCUT2D eigenvalue weighted by atomic mass is 9.80. The van der Waals surface area contributed by atoms with Crippen molar-refractivity contribution in [2.45, 2.75) is 39.0 Å². The van der Waals surface area contributed by atoms with Crippen molar-refractivity contribution in [2.75, 3.05) is 18.0 Å². The lowest BCUT2D eigenvalue weighted by molar-refractivity contribution is 0.292. The summed E-state index contributed by atoms with van der Waals surface area (Å²) in [6, 6.07) is 14.3. The highest BCUT2D eigenvalue weighted by Crippen LogP contribution is 2.39. The first-order valence-electron chi connectivity index (χ1n) is 11.0. The van der Waals surface area contributed by atoms with E-state index < -0.39 is 0 Å². The van der Waals surface area contributed by atoms with Crippen LogP contribution < -0.4 is 10.5 Å². The first kappa shape index (κ1) is 20.3. The SMILES string of the molecule is Cc1ccc2nc(C3(C)CCN(c4c(C#N)c(=O)n(C)c5ccc(C)cc45)CC3)oc2c1. The molecule has 162 valence electrons. The van der Waals surface area contributed by atoms with Gasteiger partial charge in [0, 0.05) is 30.9 Å². The van der Waals surface area contributed by atoms with Crippen molar-refractivity contribution in [3.8, 4) is 6.07 Å². The number of benzene rings is 2. The Morgan fingerprint density at radius 3 is 2.50 bits per heavy atom. The van der Waals surface area contributed by atoms with Gasteiger partial charge in [0.05, 0.1) is 11.2 Å². The number of aromatic nitrogens is 2. The quantitative estimate of drug-likeness (QED) is 0.463. The van der Waals surface area contributed by atoms with Crippen LogP contribution in [0.4, 0.5) is 5.69 Å². The highest BCUT2D eigenvalue weighted by Gasteiger charge is 2.37. The van der Waals surface area contributed by atoms with Gasteiger partial charge < -0.3 is 13.9 Å². The normalized spacial score (nSPS) is 15.9. The Bertz CT molecular complexity index is 1460. The van der Waals surface area contributed by atoms with E-state index in [1.807, 2.05) is 44.2 Å². The topological polar surface area (TPSA) is 75.1 Å². The maximum absolute atomic E-state index is 12.9. The number of rotatable bonds is 2. The number of aryl methyl sites for hydroxylation is 3. The smallest absolute Gasteiger partial charge is 0.270 e. The van der Waals surface area contributed by atoms with E-state index in [-0.39, 0.29) is 16.5 Å². The molecule has 0 aliphatic carbocycles. The van der Waals surface area contributed by atoms with E-state index in [2.05, 4.69) is 24.0 Å². The second-order valence-electron chi connectivity index (χ2n) is 9.26. The molecule has 1 fully saturated rings. The molecule has 0 saturated carbocycles. The lowest BCUT2D eigenvalue weighted by Crippen LogP contribution is -2.42. The molecular formula is C26H26N4O2. The molecule has 5 rings (SSSR count). The maximum Gasteiger partial charge on any atom is 0.270 e. The third-order valence-electron chi connectivity index (χ3n) is 6.88. The summed E-state index contributed by atoms with van der Waals surface area (Å²) in [6.07, 6.45) is 1.65. The fraction of sp³-hybridized carbons (Fsp3) is 0.346. The molecule has 0 radical (unpaired) electrons. The summed E-state index contributed by atoms with van der Waals surface area (Å²) in [5.74, 6) is 0.767. The summed E-state index contributed by atoms with van der Waals surface area (Å²) in [6.45, 7) is 7.71. The van der Waals surface area contributed by atoms with Crippen molar-refractivity contribution >= 4 is 27.7 Å². The molecule has 32 heavy (non-hydrogen) atoms. The number of oxazole rings is 1. The molecule has 6 nitrogen and oxygen atoms in total. The van der Waals surface area contributed by atoms with Crippen molar-refractivity contribution < 1.29 is 4.42 Å². The fourth-order valence-electron chi connectivity index (χ4n) is 4.80. The van der Waals surface area contributed by atoms with Gasteiger partial charge >= 0.3 is 0 Å². The van der Waals surface area contributed by atoms with Gasteiger partial charge in [-0.15, -0.1) is 0 Å². The van der Waals surface area contributed by atoms with E-state index in [4.69, 9.17) is 9.40 Å². The summed E-state index contributed by atoms with van der Waals surface area (Å²) in [4.78, 5) is 19.9. The van der Waals surface area contributed by atoms with Crippen LogP contribution in [0.3, 0.4) is 0 Å². The number of hydrogen-bond acceptors (Lipinski definition) is 5. The van der Waals surface area contributed by atoms with Gasteiger partial charge in [-0.25, -0.2) is 4.98 Å². The van der Waals surface area contributed by atoms with Gasteiger partial charge in [0.15, 0.2) is 5.58 Å². The van der Waals surface area contributed by atoms with Crippen molar-refractivity contribution in [2.24, 2.45) is 7.05 Å². The van der Waals surface area contributed by atoms with Crippen LogP contribution in [0.5, 0.6) is 0 Å². The van der Waals surface area contributed by atoms with E-state index in [1.165, 1.54) is 0 Å². The average molecular weight is 427 g/mol. The molecule has 1 aliphatic heterocycles. The van der Waals surface area contributed by atoms with Crippen LogP contribution in [0.2, 0.25) is 0 Å². The monoisotopic (exact) mass is 426 g/mol. The highest BCUT2D eigenvalue weighted by molar-refractivity contribution is 5.95. The van der Waals surface area contributed by atoms with Gasteiger partial charge in [0.2, 0.25) is 5.89 Å². The summed E-state index contributed by atoms with van der Waals surface area (Å²) < 4.78 is 7.74. The zero-order valence-electron chi connectivity index (χ0n) is 18.9. The molecule has 1 saturated heterocycles. The summed E-state index contributed by atoms with van der Waals surface area (Å²) in [7, 11) is 1.73. The zero-order chi connectivity index (χ0) is 22.6. The van der Waals surface area contributed by atoms with Crippen LogP contribution in [0, 0.1) is 25.2 Å². The number of nitrogens with zero attached hydrogens (tertiary/aromatic N) is 4. The van der Waals surface area contributed by atoms with Gasteiger partial charge in [-0.05, 0) is 56.5 Å². The number of nitriles is 1. The number of piperidine rings is 1. The van der Waals surface area contributed by atoms with E-state index >= 15 is 0 Å². The van der Waals surface area contributed by atoms with Gasteiger partial charge in [-0.2, -0.15) is 5.26 Å². The third-order valence-corrected chi connectivity index (χ3v) is 6.88. The van der Waals surface area contributed by atoms with Gasteiger partial charge in [-0.3, -0.25) is 4.79 Å². The van der Waals surface area contributed by atoms with Crippen molar-refractivity contribution in [1.82, 2.24) is 9.55 Å². The predicted molar refractivity (Wildman–Crippen MR) is 126 cm³/mol. The van der Waals surface area contributed by atoms with Gasteiger partial charge in [-0.1, -0.05) is 24.6 Å². The predicted octanol–water partition coefficient (Wildman–Crippen LogP) is 4.73. The molecule has 2 aromatic carbocycles. The Labute approximate surface area is 186 Å². The van der Waals surface area contributed by atoms with Crippen LogP contribution in [0.1, 0.15) is 42.3 Å². The van der Waals surface area contributed by atoms with Crippen LogP contribution >= 0.6 is 0 Å². The van der Waals surface area contributed by atoms with Gasteiger partial charge in [0.1, 0.15) is 17.1 Å². The van der Waals surface area contributed by atoms with Crippen LogP contribution in [0.15, 0.2) is 45.6 Å². The molecular weight excluding hydrogens is 400 g/mol. The zero-order valence-corrected chi connectivity index (χ0v) is 18.9. The minimum Gasteiger partial charge on any atom is -0.440 e. The largest absolute Gasteiger partial charge is 0.440 e. The van der Waals surface area contributed by atoms with E-state index in [1.54, 1.807) is 11.6 Å². The molecule has 0 spiro atoms.